The molecule has 2 aliphatic rings. The third kappa shape index (κ3) is 6.55. The van der Waals surface area contributed by atoms with Gasteiger partial charge in [-0.25, -0.2) is 53.9 Å². The van der Waals surface area contributed by atoms with Gasteiger partial charge >= 0.3 is 0 Å². The molecule has 22 heteroatoms. The molecular formula is C45H30F10N8O4+4. The van der Waals surface area contributed by atoms with Gasteiger partial charge in [0.2, 0.25) is 11.6 Å². The van der Waals surface area contributed by atoms with E-state index >= 15 is 35.1 Å². The summed E-state index contributed by atoms with van der Waals surface area (Å²) in [6.45, 7) is 0. The Hall–Kier alpha value is -8.18. The molecule has 0 fully saturated rings. The number of nitrogens with zero attached hydrogens (tertiary/aromatic N) is 2. The highest BCUT2D eigenvalue weighted by atomic mass is 19.2. The number of halogens is 10. The highest BCUT2D eigenvalue weighted by molar-refractivity contribution is 6.03. The van der Waals surface area contributed by atoms with Crippen LogP contribution in [0, 0.1) is 58.2 Å². The van der Waals surface area contributed by atoms with E-state index in [-0.39, 0.29) is 56.3 Å². The second kappa shape index (κ2) is 15.8. The van der Waals surface area contributed by atoms with Crippen LogP contribution in [0.15, 0.2) is 36.4 Å². The number of aromatic amines is 2. The molecule has 8 bridgehead atoms. The normalized spacial score (nSPS) is 12.2. The predicted molar refractivity (Wildman–Crippen MR) is 222 cm³/mol. The molecule has 4 aromatic carbocycles. The maximum Gasteiger partial charge on any atom is 0.200 e. The minimum atomic E-state index is -2.48. The molecule has 0 saturated heterocycles. The Morgan fingerprint density at radius 3 is 0.970 bits per heavy atom. The van der Waals surface area contributed by atoms with E-state index in [1.807, 2.05) is 0 Å². The van der Waals surface area contributed by atoms with Gasteiger partial charge in [0.1, 0.15) is 0 Å². The van der Waals surface area contributed by atoms with Crippen molar-refractivity contribution in [2.75, 3.05) is 7.05 Å². The number of benzene rings is 4. The summed E-state index contributed by atoms with van der Waals surface area (Å²) in [5.41, 5.74) is 2.07. The molecule has 7 aromatic rings. The number of H-pyrrole nitrogens is 2. The minimum absolute atomic E-state index is 0.0756. The lowest BCUT2D eigenvalue weighted by Crippen LogP contribution is -2.72. The van der Waals surface area contributed by atoms with Crippen molar-refractivity contribution in [3.05, 3.63) is 117 Å². The topological polar surface area (TPSA) is 238 Å². The van der Waals surface area contributed by atoms with E-state index in [0.29, 0.717) is 0 Å². The monoisotopic (exact) mass is 936 g/mol. The van der Waals surface area contributed by atoms with Crippen molar-refractivity contribution in [3.8, 4) is 67.5 Å². The first kappa shape index (κ1) is 44.0. The second-order valence-corrected chi connectivity index (χ2v) is 15.1. The zero-order valence-corrected chi connectivity index (χ0v) is 33.9. The largest absolute Gasteiger partial charge is 0.502 e. The van der Waals surface area contributed by atoms with Gasteiger partial charge in [-0.2, -0.15) is 0 Å². The molecule has 67 heavy (non-hydrogen) atoms. The van der Waals surface area contributed by atoms with E-state index in [0.717, 1.165) is 36.4 Å². The highest BCUT2D eigenvalue weighted by Crippen LogP contribution is 2.50. The molecule has 9 rings (SSSR count). The Morgan fingerprint density at radius 1 is 0.388 bits per heavy atom. The second-order valence-electron chi connectivity index (χ2n) is 15.1. The Bertz CT molecular complexity index is 3480. The summed E-state index contributed by atoms with van der Waals surface area (Å²) in [5.74, 6) is -26.1. The third-order valence-corrected chi connectivity index (χ3v) is 11.3. The van der Waals surface area contributed by atoms with Gasteiger partial charge in [0, 0.05) is 44.3 Å². The Kier molecular flexibility index (Phi) is 10.4. The first-order valence-corrected chi connectivity index (χ1v) is 19.4. The smallest absolute Gasteiger partial charge is 0.200 e. The summed E-state index contributed by atoms with van der Waals surface area (Å²) in [5, 5.41) is 47.4. The van der Waals surface area contributed by atoms with Gasteiger partial charge in [0.25, 0.3) is 0 Å². The van der Waals surface area contributed by atoms with E-state index in [1.165, 1.54) is 36.6 Å². The number of hydrogen-bond donors (Lipinski definition) is 10. The first-order chi connectivity index (χ1) is 31.8. The van der Waals surface area contributed by atoms with Gasteiger partial charge in [0.05, 0.1) is 64.2 Å². The number of aromatic nitrogens is 4. The molecule has 0 aliphatic carbocycles. The van der Waals surface area contributed by atoms with Crippen LogP contribution in [0.3, 0.4) is 0 Å². The number of phenols is 4. The number of nitrogens with two attached hydrogens (primary N) is 1. The summed E-state index contributed by atoms with van der Waals surface area (Å²) in [6.07, 6.45) is 4.46. The lowest BCUT2D eigenvalue weighted by Gasteiger charge is -2.12. The zero-order chi connectivity index (χ0) is 48.2. The van der Waals surface area contributed by atoms with Crippen molar-refractivity contribution < 1.29 is 86.8 Å². The maximum atomic E-state index is 16.0. The van der Waals surface area contributed by atoms with Crippen LogP contribution in [-0.4, -0.2) is 47.4 Å². The molecule has 2 aliphatic heterocycles. The molecular weight excluding hydrogens is 907 g/mol. The van der Waals surface area contributed by atoms with Gasteiger partial charge in [-0.1, -0.05) is 0 Å². The number of hydrogen-bond acceptors (Lipinski definition) is 6. The average molecular weight is 937 g/mol. The van der Waals surface area contributed by atoms with Crippen LogP contribution in [0.1, 0.15) is 22.8 Å². The number of aromatic hydroxyl groups is 4. The molecule has 0 saturated carbocycles. The lowest BCUT2D eigenvalue weighted by molar-refractivity contribution is -0.540. The number of phenolic OH excluding ortho intramolecular Hbond substituents is 4. The number of nitrogens with one attached hydrogen (secondary N) is 2. The highest BCUT2D eigenvalue weighted by Gasteiger charge is 2.34. The van der Waals surface area contributed by atoms with Crippen molar-refractivity contribution in [3.63, 3.8) is 0 Å². The van der Waals surface area contributed by atoms with Crippen LogP contribution in [-0.2, 0) is 0 Å². The maximum absolute atomic E-state index is 16.0. The quantitative estimate of drug-likeness (QED) is 0.0218. The minimum Gasteiger partial charge on any atom is -0.502 e. The van der Waals surface area contributed by atoms with Gasteiger partial charge < -0.3 is 52.9 Å². The molecule has 3 aromatic heterocycles. The van der Waals surface area contributed by atoms with Crippen molar-refractivity contribution in [2.45, 2.75) is 0 Å². The van der Waals surface area contributed by atoms with E-state index < -0.39 is 137 Å². The van der Waals surface area contributed by atoms with Gasteiger partial charge in [-0.3, -0.25) is 0 Å². The summed E-state index contributed by atoms with van der Waals surface area (Å²) in [4.78, 5) is 14.6. The predicted octanol–water partition coefficient (Wildman–Crippen LogP) is 6.98. The van der Waals surface area contributed by atoms with Gasteiger partial charge in [0.15, 0.2) is 92.3 Å². The Labute approximate surface area is 367 Å². The number of quaternary nitrogens is 4. The number of fused-ring (bicyclic) bond motifs is 8. The lowest BCUT2D eigenvalue weighted by atomic mass is 9.99. The third-order valence-electron chi connectivity index (χ3n) is 11.3. The van der Waals surface area contributed by atoms with E-state index in [9.17, 15) is 29.2 Å². The van der Waals surface area contributed by atoms with E-state index in [4.69, 9.17) is 0 Å². The van der Waals surface area contributed by atoms with Crippen molar-refractivity contribution in [1.29, 1.82) is 0 Å². The van der Waals surface area contributed by atoms with Gasteiger partial charge in [-0.05, 0) is 48.6 Å². The molecule has 340 valence electrons. The first-order valence-electron chi connectivity index (χ1n) is 19.4. The van der Waals surface area contributed by atoms with Crippen LogP contribution < -0.4 is 22.5 Å². The SMILES string of the molecule is C[NH2+]c1cc([NH3+])c(O)c(-c2c3nc(c(-c4c(F)c(F)c(F)c(F)c4F)c4ccc([nH]4)c(-c4c(O)c([NH3+])cc([NH3+])c4O)c4nc(c(-c5c(F)c(F)c(F)c(F)c5F)c5ccc2[nH]5)C=C4)C=C3)c1O. The Balaban J connectivity index is 1.59. The van der Waals surface area contributed by atoms with Crippen LogP contribution in [0.2, 0.25) is 0 Å². The number of rotatable bonds is 5. The van der Waals surface area contributed by atoms with E-state index in [2.05, 4.69) is 37.1 Å². The standard InChI is InChI=1S/C45H26F10N8O4/c1-59-23-11-14(58)44(66)31(45(23)67)27-21-8-4-17(62-21)24(28-32(46)36(50)40(54)37(51)33(28)47)15-2-6-19(60-15)26(30-42(64)12(56)10-13(57)43(30)65)20-7-3-16(61-20)25(18-5-9-22(27)63-18)29-34(48)38(52)41(55)39(53)35(29)49/h2-11,59-60,63-67H,56-58H2,1H3/p+4. The van der Waals surface area contributed by atoms with E-state index in [1.54, 1.807) is 0 Å². The Morgan fingerprint density at radius 2 is 0.657 bits per heavy atom. The average Bonchev–Trinajstić information content (AvgIpc) is 4.16. The molecule has 12 nitrogen and oxygen atoms in total. The van der Waals surface area contributed by atoms with Crippen LogP contribution in [0.5, 0.6) is 23.0 Å². The summed E-state index contributed by atoms with van der Waals surface area (Å²) in [7, 11) is 1.52. The fraction of sp³-hybridized carbons (Fsp3) is 0.0222. The molecule has 0 unspecified atom stereocenters. The van der Waals surface area contributed by atoms with Gasteiger partial charge in [-0.15, -0.1) is 0 Å². The fourth-order valence-electron chi connectivity index (χ4n) is 8.12. The molecule has 17 N–H and O–H groups in total. The van der Waals surface area contributed by atoms with Crippen molar-refractivity contribution >= 4 is 69.1 Å². The summed E-state index contributed by atoms with van der Waals surface area (Å²) < 4.78 is 154. The molecule has 0 spiro atoms. The molecule has 0 radical (unpaired) electrons. The molecule has 5 heterocycles. The molecule has 0 amide bonds. The molecule has 0 atom stereocenters. The van der Waals surface area contributed by atoms with Crippen molar-refractivity contribution in [2.24, 2.45) is 0 Å². The zero-order valence-electron chi connectivity index (χ0n) is 33.9. The van der Waals surface area contributed by atoms with Crippen LogP contribution in [0.4, 0.5) is 66.7 Å². The summed E-state index contributed by atoms with van der Waals surface area (Å²) in [6, 6.07) is 7.07. The summed E-state index contributed by atoms with van der Waals surface area (Å²) >= 11 is 0. The van der Waals surface area contributed by atoms with Crippen LogP contribution in [0.25, 0.3) is 90.9 Å². The fourth-order valence-corrected chi connectivity index (χ4v) is 8.12. The van der Waals surface area contributed by atoms with Crippen molar-refractivity contribution in [1.82, 2.24) is 19.9 Å². The van der Waals surface area contributed by atoms with Crippen LogP contribution >= 0.6 is 0 Å².